The van der Waals surface area contributed by atoms with Gasteiger partial charge in [-0.1, -0.05) is 13.0 Å². The van der Waals surface area contributed by atoms with E-state index in [1.54, 1.807) is 0 Å². The molecule has 0 N–H and O–H groups in total. The Morgan fingerprint density at radius 3 is 2.60 bits per heavy atom. The van der Waals surface area contributed by atoms with Crippen LogP contribution in [-0.4, -0.2) is 29.0 Å². The predicted molar refractivity (Wildman–Crippen MR) is 64.9 cm³/mol. The molecule has 0 aliphatic carbocycles. The Morgan fingerprint density at radius 1 is 1.27 bits per heavy atom. The van der Waals surface area contributed by atoms with Crippen LogP contribution < -0.4 is 0 Å². The highest BCUT2D eigenvalue weighted by molar-refractivity contribution is 5.03. The maximum atomic E-state index is 4.34. The zero-order chi connectivity index (χ0) is 11.1. The number of aromatic nitrogens is 1. The summed E-state index contributed by atoms with van der Waals surface area (Å²) in [6.07, 6.45) is 4.15. The molecule has 1 aromatic heterocycles. The van der Waals surface area contributed by atoms with Crippen molar-refractivity contribution in [2.24, 2.45) is 0 Å². The van der Waals surface area contributed by atoms with E-state index in [2.05, 4.69) is 42.8 Å². The van der Waals surface area contributed by atoms with E-state index in [-0.39, 0.29) is 0 Å². The monoisotopic (exact) mass is 206 g/mol. The zero-order valence-corrected chi connectivity index (χ0v) is 10.1. The lowest BCUT2D eigenvalue weighted by atomic mass is 10.2. The summed E-state index contributed by atoms with van der Waals surface area (Å²) in [7, 11) is 0. The molecular weight excluding hydrogens is 184 g/mol. The first-order valence-electron chi connectivity index (χ1n) is 5.88. The van der Waals surface area contributed by atoms with Crippen molar-refractivity contribution < 1.29 is 0 Å². The van der Waals surface area contributed by atoms with Crippen molar-refractivity contribution in [1.29, 1.82) is 0 Å². The summed E-state index contributed by atoms with van der Waals surface area (Å²) in [6, 6.07) is 6.76. The van der Waals surface area contributed by atoms with Crippen LogP contribution in [0.25, 0.3) is 0 Å². The topological polar surface area (TPSA) is 16.1 Å². The largest absolute Gasteiger partial charge is 0.301 e. The Bertz CT molecular complexity index is 256. The molecule has 0 aromatic carbocycles. The van der Waals surface area contributed by atoms with Crippen LogP contribution in [0, 0.1) is 0 Å². The zero-order valence-electron chi connectivity index (χ0n) is 10.1. The first-order valence-corrected chi connectivity index (χ1v) is 5.88. The van der Waals surface area contributed by atoms with Crippen molar-refractivity contribution in [3.05, 3.63) is 30.1 Å². The van der Waals surface area contributed by atoms with Crippen LogP contribution in [0.4, 0.5) is 0 Å². The van der Waals surface area contributed by atoms with Crippen LogP contribution in [0.15, 0.2) is 24.4 Å². The summed E-state index contributed by atoms with van der Waals surface area (Å²) in [5.74, 6) is 0. The molecule has 0 aliphatic heterocycles. The van der Waals surface area contributed by atoms with Crippen molar-refractivity contribution in [3.8, 4) is 0 Å². The second-order valence-corrected chi connectivity index (χ2v) is 4.20. The van der Waals surface area contributed by atoms with Gasteiger partial charge < -0.3 is 4.90 Å². The predicted octanol–water partition coefficient (Wildman–Crippen LogP) is 2.74. The number of hydrogen-bond acceptors (Lipinski definition) is 2. The molecule has 0 bridgehead atoms. The van der Waals surface area contributed by atoms with Crippen LogP contribution in [-0.2, 0) is 6.42 Å². The van der Waals surface area contributed by atoms with Gasteiger partial charge in [-0.25, -0.2) is 0 Å². The molecule has 1 aromatic rings. The van der Waals surface area contributed by atoms with Crippen LogP contribution in [0.1, 0.15) is 32.9 Å². The fourth-order valence-corrected chi connectivity index (χ4v) is 1.72. The quantitative estimate of drug-likeness (QED) is 0.711. The van der Waals surface area contributed by atoms with E-state index in [0.29, 0.717) is 6.04 Å². The van der Waals surface area contributed by atoms with Gasteiger partial charge in [0.2, 0.25) is 0 Å². The maximum absolute atomic E-state index is 4.34. The Hall–Kier alpha value is -0.890. The Kier molecular flexibility index (Phi) is 5.33. The van der Waals surface area contributed by atoms with Crippen molar-refractivity contribution in [3.63, 3.8) is 0 Å². The molecule has 1 heterocycles. The summed E-state index contributed by atoms with van der Waals surface area (Å²) in [5.41, 5.74) is 1.19. The van der Waals surface area contributed by atoms with Crippen molar-refractivity contribution >= 4 is 0 Å². The van der Waals surface area contributed by atoms with Gasteiger partial charge >= 0.3 is 0 Å². The highest BCUT2D eigenvalue weighted by Gasteiger charge is 2.07. The van der Waals surface area contributed by atoms with Crippen LogP contribution in [0.3, 0.4) is 0 Å². The first-order chi connectivity index (χ1) is 7.24. The molecule has 0 fully saturated rings. The van der Waals surface area contributed by atoms with E-state index in [9.17, 15) is 0 Å². The maximum Gasteiger partial charge on any atom is 0.0416 e. The molecule has 0 radical (unpaired) electrons. The van der Waals surface area contributed by atoms with Crippen molar-refractivity contribution in [2.45, 2.75) is 39.7 Å². The molecule has 84 valence electrons. The minimum Gasteiger partial charge on any atom is -0.301 e. The van der Waals surface area contributed by atoms with Gasteiger partial charge in [0.05, 0.1) is 0 Å². The normalized spacial score (nSPS) is 11.3. The number of hydrogen-bond donors (Lipinski definition) is 0. The van der Waals surface area contributed by atoms with Crippen LogP contribution in [0.5, 0.6) is 0 Å². The molecule has 0 amide bonds. The average Bonchev–Trinajstić information content (AvgIpc) is 2.25. The van der Waals surface area contributed by atoms with E-state index < -0.39 is 0 Å². The Labute approximate surface area is 93.3 Å². The molecule has 1 rings (SSSR count). The molecule has 0 aliphatic rings. The van der Waals surface area contributed by atoms with Crippen molar-refractivity contribution in [2.75, 3.05) is 13.1 Å². The van der Waals surface area contributed by atoms with E-state index in [1.165, 1.54) is 18.7 Å². The SMILES string of the molecule is CCCN(CCc1ccccn1)C(C)C. The summed E-state index contributed by atoms with van der Waals surface area (Å²) >= 11 is 0. The fourth-order valence-electron chi connectivity index (χ4n) is 1.72. The Balaban J connectivity index is 2.40. The summed E-state index contributed by atoms with van der Waals surface area (Å²) in [4.78, 5) is 6.85. The summed E-state index contributed by atoms with van der Waals surface area (Å²) in [6.45, 7) is 9.05. The van der Waals surface area contributed by atoms with E-state index in [4.69, 9.17) is 0 Å². The molecule has 15 heavy (non-hydrogen) atoms. The van der Waals surface area contributed by atoms with Gasteiger partial charge in [-0.05, 0) is 38.9 Å². The number of pyridine rings is 1. The number of rotatable bonds is 6. The lowest BCUT2D eigenvalue weighted by molar-refractivity contribution is 0.224. The van der Waals surface area contributed by atoms with E-state index >= 15 is 0 Å². The van der Waals surface area contributed by atoms with Gasteiger partial charge in [0, 0.05) is 30.9 Å². The molecule has 0 unspecified atom stereocenters. The smallest absolute Gasteiger partial charge is 0.0416 e. The number of nitrogens with zero attached hydrogens (tertiary/aromatic N) is 2. The molecule has 0 saturated carbocycles. The fraction of sp³-hybridized carbons (Fsp3) is 0.615. The highest BCUT2D eigenvalue weighted by Crippen LogP contribution is 2.03. The molecular formula is C13H22N2. The summed E-state index contributed by atoms with van der Waals surface area (Å²) < 4.78 is 0. The van der Waals surface area contributed by atoms with E-state index in [1.807, 2.05) is 12.3 Å². The molecule has 0 spiro atoms. The van der Waals surface area contributed by atoms with Crippen LogP contribution >= 0.6 is 0 Å². The van der Waals surface area contributed by atoms with Crippen LogP contribution in [0.2, 0.25) is 0 Å². The third kappa shape index (κ3) is 4.43. The minimum absolute atomic E-state index is 0.633. The van der Waals surface area contributed by atoms with Gasteiger partial charge in [0.25, 0.3) is 0 Å². The van der Waals surface area contributed by atoms with Gasteiger partial charge in [-0.3, -0.25) is 4.98 Å². The van der Waals surface area contributed by atoms with E-state index in [0.717, 1.165) is 13.0 Å². The molecule has 0 atom stereocenters. The standard InChI is InChI=1S/C13H22N2/c1-4-10-15(12(2)3)11-8-13-7-5-6-9-14-13/h5-7,9,12H,4,8,10-11H2,1-3H3. The van der Waals surface area contributed by atoms with Gasteiger partial charge in [-0.15, -0.1) is 0 Å². The molecule has 0 saturated heterocycles. The lowest BCUT2D eigenvalue weighted by Gasteiger charge is -2.25. The Morgan fingerprint density at radius 2 is 2.07 bits per heavy atom. The average molecular weight is 206 g/mol. The van der Waals surface area contributed by atoms with Gasteiger partial charge in [-0.2, -0.15) is 0 Å². The first kappa shape index (κ1) is 12.2. The lowest BCUT2D eigenvalue weighted by Crippen LogP contribution is -2.33. The highest BCUT2D eigenvalue weighted by atomic mass is 15.1. The second-order valence-electron chi connectivity index (χ2n) is 4.20. The minimum atomic E-state index is 0.633. The van der Waals surface area contributed by atoms with Gasteiger partial charge in [0.15, 0.2) is 0 Å². The van der Waals surface area contributed by atoms with Gasteiger partial charge in [0.1, 0.15) is 0 Å². The molecule has 2 heteroatoms. The summed E-state index contributed by atoms with van der Waals surface area (Å²) in [5, 5.41) is 0. The third-order valence-electron chi connectivity index (χ3n) is 2.62. The molecule has 2 nitrogen and oxygen atoms in total. The second kappa shape index (κ2) is 6.57. The van der Waals surface area contributed by atoms with Crippen molar-refractivity contribution in [1.82, 2.24) is 9.88 Å². The third-order valence-corrected chi connectivity index (χ3v) is 2.62.